The number of ether oxygens (including phenoxy) is 1. The molecule has 5 heteroatoms. The number of nitrogens with one attached hydrogen (secondary N) is 1. The summed E-state index contributed by atoms with van der Waals surface area (Å²) in [5.74, 6) is 1.36. The fraction of sp³-hybridized carbons (Fsp3) is 0.500. The predicted octanol–water partition coefficient (Wildman–Crippen LogP) is 3.31. The summed E-state index contributed by atoms with van der Waals surface area (Å²) < 4.78 is 5.99. The average molecular weight is 418 g/mol. The minimum absolute atomic E-state index is 0.341. The zero-order chi connectivity index (χ0) is 20.8. The average Bonchev–Trinajstić information content (AvgIpc) is 2.74. The summed E-state index contributed by atoms with van der Waals surface area (Å²) in [7, 11) is 0. The van der Waals surface area contributed by atoms with Gasteiger partial charge in [0, 0.05) is 10.7 Å². The number of benzene rings is 2. The molecule has 0 unspecified atom stereocenters. The maximum absolute atomic E-state index is 10.5. The van der Waals surface area contributed by atoms with E-state index in [-0.39, 0.29) is 0 Å². The topological polar surface area (TPSA) is 37.1 Å². The molecular weight excluding hydrogens is 384 g/mol. The van der Waals surface area contributed by atoms with Crippen LogP contribution in [0.25, 0.3) is 0 Å². The summed E-state index contributed by atoms with van der Waals surface area (Å²) in [6.45, 7) is 11.5. The Morgan fingerprint density at radius 3 is 2.62 bits per heavy atom. The van der Waals surface area contributed by atoms with E-state index in [4.69, 9.17) is 16.3 Å². The van der Waals surface area contributed by atoms with Crippen LogP contribution in [0, 0.1) is 6.92 Å². The molecule has 1 fully saturated rings. The van der Waals surface area contributed by atoms with Crippen molar-refractivity contribution >= 4 is 17.3 Å². The van der Waals surface area contributed by atoms with E-state index >= 15 is 0 Å². The Bertz CT molecular complexity index is 790. The van der Waals surface area contributed by atoms with Gasteiger partial charge in [-0.25, -0.2) is 0 Å². The van der Waals surface area contributed by atoms with Gasteiger partial charge in [-0.3, -0.25) is 0 Å². The Balaban J connectivity index is 1.48. The highest BCUT2D eigenvalue weighted by Gasteiger charge is 2.24. The number of para-hydroxylation sites is 1. The molecule has 0 radical (unpaired) electrons. The van der Waals surface area contributed by atoms with Crippen LogP contribution in [0.4, 0.5) is 5.69 Å². The Labute approximate surface area is 180 Å². The zero-order valence-electron chi connectivity index (χ0n) is 17.8. The van der Waals surface area contributed by atoms with E-state index in [1.54, 1.807) is 0 Å². The quantitative estimate of drug-likeness (QED) is 0.692. The Hall–Kier alpha value is -1.75. The van der Waals surface area contributed by atoms with Gasteiger partial charge >= 0.3 is 0 Å². The molecule has 1 saturated heterocycles. The standard InChI is InChI=1S/C24H33ClN2O2/c1-4-18(2)22-7-5-6-8-24(22)29-17-21(28)16-26-11-13-27(14-12-26)23-15-20(25)10-9-19(23)3/h5-10,15,18,21,28H,4,11-14,16-17H2,1-3H3/p+1/t18-,21+/m0/s1. The maximum Gasteiger partial charge on any atom is 0.137 e. The number of hydrogen-bond donors (Lipinski definition) is 2. The normalized spacial score (nSPS) is 17.2. The van der Waals surface area contributed by atoms with Gasteiger partial charge in [0.1, 0.15) is 25.0 Å². The lowest BCUT2D eigenvalue weighted by Crippen LogP contribution is -3.16. The van der Waals surface area contributed by atoms with Crippen molar-refractivity contribution in [2.45, 2.75) is 39.2 Å². The molecular formula is C24H34ClN2O2+. The number of rotatable bonds is 8. The van der Waals surface area contributed by atoms with Crippen molar-refractivity contribution in [3.05, 3.63) is 58.6 Å². The number of quaternary nitrogens is 1. The van der Waals surface area contributed by atoms with Crippen LogP contribution in [0.15, 0.2) is 42.5 Å². The number of nitrogens with zero attached hydrogens (tertiary/aromatic N) is 1. The number of anilines is 1. The van der Waals surface area contributed by atoms with E-state index < -0.39 is 6.10 Å². The lowest BCUT2D eigenvalue weighted by molar-refractivity contribution is -0.903. The molecule has 1 heterocycles. The first-order valence-corrected chi connectivity index (χ1v) is 11.1. The monoisotopic (exact) mass is 417 g/mol. The van der Waals surface area contributed by atoms with Crippen LogP contribution in [0.5, 0.6) is 5.75 Å². The van der Waals surface area contributed by atoms with Crippen LogP contribution in [0.3, 0.4) is 0 Å². The summed E-state index contributed by atoms with van der Waals surface area (Å²) in [5.41, 5.74) is 3.70. The van der Waals surface area contributed by atoms with E-state index in [1.165, 1.54) is 21.7 Å². The van der Waals surface area contributed by atoms with Gasteiger partial charge < -0.3 is 19.6 Å². The fourth-order valence-electron chi connectivity index (χ4n) is 4.01. The van der Waals surface area contributed by atoms with Gasteiger partial charge in [-0.2, -0.15) is 0 Å². The molecule has 2 aromatic carbocycles. The van der Waals surface area contributed by atoms with E-state index in [0.29, 0.717) is 19.1 Å². The smallest absolute Gasteiger partial charge is 0.137 e. The molecule has 29 heavy (non-hydrogen) atoms. The number of aliphatic hydroxyl groups excluding tert-OH is 1. The molecule has 0 bridgehead atoms. The van der Waals surface area contributed by atoms with Gasteiger partial charge in [-0.1, -0.05) is 49.7 Å². The highest BCUT2D eigenvalue weighted by molar-refractivity contribution is 6.30. The van der Waals surface area contributed by atoms with Gasteiger partial charge in [0.2, 0.25) is 0 Å². The maximum atomic E-state index is 10.5. The molecule has 1 aliphatic heterocycles. The van der Waals surface area contributed by atoms with Crippen molar-refractivity contribution in [2.24, 2.45) is 0 Å². The van der Waals surface area contributed by atoms with Gasteiger partial charge in [0.15, 0.2) is 0 Å². The molecule has 158 valence electrons. The van der Waals surface area contributed by atoms with Crippen LogP contribution in [0.1, 0.15) is 37.3 Å². The second-order valence-electron chi connectivity index (χ2n) is 8.18. The van der Waals surface area contributed by atoms with Crippen molar-refractivity contribution in [3.63, 3.8) is 0 Å². The van der Waals surface area contributed by atoms with E-state index in [9.17, 15) is 5.11 Å². The number of aliphatic hydroxyl groups is 1. The van der Waals surface area contributed by atoms with Crippen LogP contribution >= 0.6 is 11.6 Å². The van der Waals surface area contributed by atoms with Gasteiger partial charge in [0.05, 0.1) is 26.2 Å². The van der Waals surface area contributed by atoms with Crippen LogP contribution in [-0.2, 0) is 0 Å². The first-order chi connectivity index (χ1) is 14.0. The first kappa shape index (κ1) is 21.9. The zero-order valence-corrected chi connectivity index (χ0v) is 18.6. The Kier molecular flexibility index (Phi) is 7.82. The summed E-state index contributed by atoms with van der Waals surface area (Å²) in [6, 6.07) is 14.3. The third kappa shape index (κ3) is 5.88. The SMILES string of the molecule is CC[C@H](C)c1ccccc1OC[C@H](O)C[NH+]1CCN(c2cc(Cl)ccc2C)CC1. The van der Waals surface area contributed by atoms with E-state index in [1.807, 2.05) is 18.2 Å². The first-order valence-electron chi connectivity index (χ1n) is 10.7. The number of halogens is 1. The third-order valence-electron chi connectivity index (χ3n) is 6.00. The molecule has 2 aromatic rings. The molecule has 4 nitrogen and oxygen atoms in total. The van der Waals surface area contributed by atoms with E-state index in [0.717, 1.165) is 43.4 Å². The molecule has 0 saturated carbocycles. The van der Waals surface area contributed by atoms with Crippen molar-refractivity contribution < 1.29 is 14.7 Å². The van der Waals surface area contributed by atoms with E-state index in [2.05, 4.69) is 49.9 Å². The molecule has 0 spiro atoms. The lowest BCUT2D eigenvalue weighted by Gasteiger charge is -2.35. The fourth-order valence-corrected chi connectivity index (χ4v) is 4.17. The van der Waals surface area contributed by atoms with Crippen LogP contribution < -0.4 is 14.5 Å². The molecule has 1 aliphatic rings. The minimum atomic E-state index is -0.463. The van der Waals surface area contributed by atoms with Gasteiger partial charge in [-0.15, -0.1) is 0 Å². The third-order valence-corrected chi connectivity index (χ3v) is 6.24. The van der Waals surface area contributed by atoms with Gasteiger partial charge in [-0.05, 0) is 48.6 Å². The molecule has 0 amide bonds. The number of hydrogen-bond acceptors (Lipinski definition) is 3. The number of aryl methyl sites for hydroxylation is 1. The van der Waals surface area contributed by atoms with Crippen LogP contribution in [-0.4, -0.2) is 50.5 Å². The molecule has 0 aromatic heterocycles. The summed E-state index contributed by atoms with van der Waals surface area (Å²) in [6.07, 6.45) is 0.609. The summed E-state index contributed by atoms with van der Waals surface area (Å²) >= 11 is 6.18. The molecule has 2 atom stereocenters. The predicted molar refractivity (Wildman–Crippen MR) is 121 cm³/mol. The lowest BCUT2D eigenvalue weighted by atomic mass is 9.98. The number of piperazine rings is 1. The highest BCUT2D eigenvalue weighted by atomic mass is 35.5. The minimum Gasteiger partial charge on any atom is -0.490 e. The van der Waals surface area contributed by atoms with Crippen molar-refractivity contribution in [1.29, 1.82) is 0 Å². The van der Waals surface area contributed by atoms with Crippen molar-refractivity contribution in [1.82, 2.24) is 0 Å². The highest BCUT2D eigenvalue weighted by Crippen LogP contribution is 2.28. The van der Waals surface area contributed by atoms with Gasteiger partial charge in [0.25, 0.3) is 0 Å². The summed E-state index contributed by atoms with van der Waals surface area (Å²) in [4.78, 5) is 3.82. The largest absolute Gasteiger partial charge is 0.490 e. The molecule has 3 rings (SSSR count). The van der Waals surface area contributed by atoms with Crippen molar-refractivity contribution in [2.75, 3.05) is 44.2 Å². The second-order valence-corrected chi connectivity index (χ2v) is 8.62. The molecule has 0 aliphatic carbocycles. The Morgan fingerprint density at radius 1 is 1.17 bits per heavy atom. The Morgan fingerprint density at radius 2 is 1.90 bits per heavy atom. The van der Waals surface area contributed by atoms with Crippen molar-refractivity contribution in [3.8, 4) is 5.75 Å². The molecule has 2 N–H and O–H groups in total. The second kappa shape index (κ2) is 10.3. The summed E-state index contributed by atoms with van der Waals surface area (Å²) in [5, 5.41) is 11.3. The van der Waals surface area contributed by atoms with Crippen LogP contribution in [0.2, 0.25) is 5.02 Å².